The van der Waals surface area contributed by atoms with Gasteiger partial charge in [0.2, 0.25) is 5.12 Å². The van der Waals surface area contributed by atoms with Crippen molar-refractivity contribution in [2.75, 3.05) is 25.4 Å². The average Bonchev–Trinajstić information content (AvgIpc) is 2.85. The molecule has 0 aliphatic carbocycles. The molecule has 18 heteroatoms. The van der Waals surface area contributed by atoms with Gasteiger partial charge >= 0.3 is 35.8 Å². The number of quaternary nitrogens is 1. The van der Waals surface area contributed by atoms with Crippen molar-refractivity contribution in [3.63, 3.8) is 0 Å². The van der Waals surface area contributed by atoms with Crippen LogP contribution >= 0.6 is 11.8 Å². The van der Waals surface area contributed by atoms with Gasteiger partial charge < -0.3 is 14.4 Å². The molecule has 1 aromatic carbocycles. The summed E-state index contributed by atoms with van der Waals surface area (Å²) in [7, 11) is 0. The number of carbonyl (C=O) groups excluding carboxylic acids is 2. The number of alkyl halides is 13. The molecule has 0 aromatic heterocycles. The molecule has 4 nitrogen and oxygen atoms in total. The lowest BCUT2D eigenvalue weighted by Gasteiger charge is -2.40. The van der Waals surface area contributed by atoms with E-state index in [0.717, 1.165) is 0 Å². The highest BCUT2D eigenvalue weighted by Crippen LogP contribution is 2.60. The number of benzene rings is 1. The highest BCUT2D eigenvalue weighted by molar-refractivity contribution is 8.13. The lowest BCUT2D eigenvalue weighted by atomic mass is 9.93. The molecule has 0 spiro atoms. The Morgan fingerprint density at radius 2 is 1.31 bits per heavy atom. The van der Waals surface area contributed by atoms with Gasteiger partial charge in [-0.05, 0) is 6.42 Å². The van der Waals surface area contributed by atoms with Crippen LogP contribution in [0.1, 0.15) is 38.2 Å². The standard InChI is InChI=1S/C24H26F13NO3S/c1-2-3-11-38(12-9-17(39)40,14-16-7-5-4-6-8-16)15-18(41)42-13-10-19(25,26)20(27,28)21(29,30)22(31,32)23(33,34)24(35,36)37/h4-8H,2-3,9-15H2,1H3. The first kappa shape index (κ1) is 37.8. The Kier molecular flexibility index (Phi) is 12.2. The molecular formula is C24H26F13NO3S. The molecule has 1 aromatic rings. The van der Waals surface area contributed by atoms with Crippen LogP contribution in [0.5, 0.6) is 0 Å². The largest absolute Gasteiger partial charge is 0.550 e. The van der Waals surface area contributed by atoms with Gasteiger partial charge in [0.1, 0.15) is 13.1 Å². The number of halogens is 13. The van der Waals surface area contributed by atoms with Crippen molar-refractivity contribution in [2.24, 2.45) is 0 Å². The second-order valence-electron chi connectivity index (χ2n) is 9.54. The molecule has 42 heavy (non-hydrogen) atoms. The van der Waals surface area contributed by atoms with Crippen molar-refractivity contribution >= 4 is 22.8 Å². The molecule has 0 saturated heterocycles. The summed E-state index contributed by atoms with van der Waals surface area (Å²) in [6.07, 6.45) is -9.54. The zero-order chi connectivity index (χ0) is 32.8. The number of carbonyl (C=O) groups is 2. The van der Waals surface area contributed by atoms with Crippen LogP contribution in [0.4, 0.5) is 57.1 Å². The van der Waals surface area contributed by atoms with Crippen LogP contribution in [-0.2, 0) is 16.1 Å². The van der Waals surface area contributed by atoms with Crippen LogP contribution < -0.4 is 5.11 Å². The lowest BCUT2D eigenvalue weighted by molar-refractivity contribution is -0.933. The molecule has 1 rings (SSSR count). The predicted octanol–water partition coefficient (Wildman–Crippen LogP) is 6.33. The maximum Gasteiger partial charge on any atom is 0.460 e. The number of carboxylic acid groups (broad SMARTS) is 1. The molecule has 0 fully saturated rings. The first-order chi connectivity index (χ1) is 18.9. The first-order valence-corrected chi connectivity index (χ1v) is 13.1. The normalized spacial score (nSPS) is 15.4. The molecule has 0 N–H and O–H groups in total. The van der Waals surface area contributed by atoms with E-state index in [0.29, 0.717) is 18.4 Å². The van der Waals surface area contributed by atoms with Crippen LogP contribution in [0.15, 0.2) is 30.3 Å². The number of hydrogen-bond acceptors (Lipinski definition) is 4. The third kappa shape index (κ3) is 8.23. The average molecular weight is 656 g/mol. The van der Waals surface area contributed by atoms with Gasteiger partial charge in [-0.15, -0.1) is 0 Å². The fourth-order valence-corrected chi connectivity index (χ4v) is 4.80. The molecule has 0 aliphatic rings. The predicted molar refractivity (Wildman–Crippen MR) is 122 cm³/mol. The summed E-state index contributed by atoms with van der Waals surface area (Å²) in [6.45, 7) is 1.20. The van der Waals surface area contributed by atoms with Crippen molar-refractivity contribution in [1.29, 1.82) is 0 Å². The maximum absolute atomic E-state index is 14.1. The maximum atomic E-state index is 14.1. The lowest BCUT2D eigenvalue weighted by Crippen LogP contribution is -2.70. The van der Waals surface area contributed by atoms with E-state index in [1.165, 1.54) is 0 Å². The number of nitrogens with zero attached hydrogens (tertiary/aromatic N) is 1. The highest BCUT2D eigenvalue weighted by atomic mass is 32.2. The Morgan fingerprint density at radius 3 is 1.79 bits per heavy atom. The third-order valence-corrected chi connectivity index (χ3v) is 7.14. The Bertz CT molecular complexity index is 1050. The van der Waals surface area contributed by atoms with E-state index in [9.17, 15) is 71.8 Å². The number of thioether (sulfide) groups is 1. The molecule has 1 atom stereocenters. The summed E-state index contributed by atoms with van der Waals surface area (Å²) in [5.74, 6) is -40.3. The zero-order valence-corrected chi connectivity index (χ0v) is 22.6. The number of unbranched alkanes of at least 4 members (excludes halogenated alkanes) is 1. The van der Waals surface area contributed by atoms with Crippen LogP contribution in [0.25, 0.3) is 0 Å². The molecule has 0 heterocycles. The summed E-state index contributed by atoms with van der Waals surface area (Å²) in [4.78, 5) is 23.8. The Morgan fingerprint density at radius 1 is 0.786 bits per heavy atom. The highest BCUT2D eigenvalue weighted by Gasteiger charge is 2.90. The van der Waals surface area contributed by atoms with Crippen LogP contribution in [-0.4, -0.2) is 76.7 Å². The minimum Gasteiger partial charge on any atom is -0.550 e. The first-order valence-electron chi connectivity index (χ1n) is 12.1. The number of rotatable bonds is 17. The Balaban J connectivity index is 3.14. The minimum atomic E-state index is -7.99. The second-order valence-corrected chi connectivity index (χ2v) is 10.7. The van der Waals surface area contributed by atoms with Crippen LogP contribution in [0.2, 0.25) is 0 Å². The van der Waals surface area contributed by atoms with Crippen molar-refractivity contribution in [3.05, 3.63) is 35.9 Å². The quantitative estimate of drug-likeness (QED) is 0.146. The Hall–Kier alpha value is -2.24. The van der Waals surface area contributed by atoms with Gasteiger partial charge in [0.15, 0.2) is 0 Å². The molecule has 1 unspecified atom stereocenters. The minimum absolute atomic E-state index is 0.0450. The number of aliphatic carboxylic acids is 1. The molecule has 0 amide bonds. The van der Waals surface area contributed by atoms with Crippen LogP contribution in [0, 0.1) is 0 Å². The van der Waals surface area contributed by atoms with E-state index >= 15 is 0 Å². The van der Waals surface area contributed by atoms with E-state index in [4.69, 9.17) is 0 Å². The van der Waals surface area contributed by atoms with Gasteiger partial charge in [-0.1, -0.05) is 55.4 Å². The molecule has 0 bridgehead atoms. The number of hydrogen-bond donors (Lipinski definition) is 0. The molecule has 0 radical (unpaired) electrons. The van der Waals surface area contributed by atoms with Gasteiger partial charge in [0.25, 0.3) is 0 Å². The molecule has 0 aliphatic heterocycles. The van der Waals surface area contributed by atoms with Gasteiger partial charge in [0, 0.05) is 30.1 Å². The summed E-state index contributed by atoms with van der Waals surface area (Å²) in [6, 6.07) is 8.19. The summed E-state index contributed by atoms with van der Waals surface area (Å²) in [5.41, 5.74) is 0.620. The van der Waals surface area contributed by atoms with E-state index < -0.39 is 72.0 Å². The number of carboxylic acids is 1. The van der Waals surface area contributed by atoms with Crippen molar-refractivity contribution in [1.82, 2.24) is 0 Å². The summed E-state index contributed by atoms with van der Waals surface area (Å²) >= 11 is -0.139. The fraction of sp³-hybridized carbons (Fsp3) is 0.667. The van der Waals surface area contributed by atoms with E-state index in [2.05, 4.69) is 0 Å². The summed E-state index contributed by atoms with van der Waals surface area (Å²) < 4.78 is 172. The van der Waals surface area contributed by atoms with Crippen molar-refractivity contribution in [2.45, 2.75) is 74.9 Å². The van der Waals surface area contributed by atoms with Gasteiger partial charge in [-0.3, -0.25) is 4.79 Å². The fourth-order valence-electron chi connectivity index (χ4n) is 3.85. The van der Waals surface area contributed by atoms with Crippen molar-refractivity contribution < 1.29 is 76.3 Å². The summed E-state index contributed by atoms with van der Waals surface area (Å²) in [5, 5.41) is 10.1. The van der Waals surface area contributed by atoms with E-state index in [1.54, 1.807) is 37.3 Å². The van der Waals surface area contributed by atoms with Gasteiger partial charge in [0.05, 0.1) is 13.1 Å². The zero-order valence-electron chi connectivity index (χ0n) is 21.7. The van der Waals surface area contributed by atoms with Crippen molar-refractivity contribution in [3.8, 4) is 0 Å². The van der Waals surface area contributed by atoms with E-state index in [-0.39, 0.29) is 35.9 Å². The SMILES string of the molecule is CCCC[N+](CCC(=O)[O-])(CC(=O)SCCC(F)(F)C(F)(F)C(F)(F)C(F)(F)C(F)(F)C(F)(F)F)Cc1ccccc1. The monoisotopic (exact) mass is 655 g/mol. The Labute approximate surface area is 235 Å². The topological polar surface area (TPSA) is 57.2 Å². The third-order valence-electron chi connectivity index (χ3n) is 6.28. The smallest absolute Gasteiger partial charge is 0.460 e. The van der Waals surface area contributed by atoms with Gasteiger partial charge in [-0.2, -0.15) is 57.1 Å². The van der Waals surface area contributed by atoms with Crippen LogP contribution in [0.3, 0.4) is 0 Å². The second kappa shape index (κ2) is 13.6. The van der Waals surface area contributed by atoms with Gasteiger partial charge in [-0.25, -0.2) is 0 Å². The van der Waals surface area contributed by atoms with E-state index in [1.807, 2.05) is 0 Å². The molecule has 0 saturated carbocycles. The molecule has 242 valence electrons. The molecular weight excluding hydrogens is 629 g/mol.